The lowest BCUT2D eigenvalue weighted by Crippen LogP contribution is -1.94. The lowest BCUT2D eigenvalue weighted by Gasteiger charge is -2.07. The number of benzene rings is 1. The number of alkyl halides is 1. The molecule has 1 heterocycles. The third-order valence-electron chi connectivity index (χ3n) is 2.18. The van der Waals surface area contributed by atoms with Crippen LogP contribution in [0.1, 0.15) is 11.3 Å². The Morgan fingerprint density at radius 2 is 2.06 bits per heavy atom. The molecule has 0 aliphatic rings. The summed E-state index contributed by atoms with van der Waals surface area (Å²) in [5, 5.41) is 7.72. The highest BCUT2D eigenvalue weighted by molar-refractivity contribution is 6.16. The fourth-order valence-corrected chi connectivity index (χ4v) is 1.46. The van der Waals surface area contributed by atoms with Gasteiger partial charge in [0, 0.05) is 6.07 Å². The second-order valence-corrected chi connectivity index (χ2v) is 3.78. The molecule has 0 saturated heterocycles. The van der Waals surface area contributed by atoms with Gasteiger partial charge >= 0.3 is 0 Å². The summed E-state index contributed by atoms with van der Waals surface area (Å²) in [6.45, 7) is 1.76. The van der Waals surface area contributed by atoms with Crippen molar-refractivity contribution in [2.24, 2.45) is 0 Å². The predicted molar refractivity (Wildman–Crippen MR) is 62.8 cm³/mol. The highest BCUT2D eigenvalue weighted by atomic mass is 35.5. The lowest BCUT2D eigenvalue weighted by molar-refractivity contribution is 0.449. The average molecular weight is 253 g/mol. The molecule has 2 aromatic rings. The molecule has 0 spiro atoms. The van der Waals surface area contributed by atoms with Gasteiger partial charge in [0.05, 0.1) is 11.6 Å². The zero-order chi connectivity index (χ0) is 12.3. The number of aryl methyl sites for hydroxylation is 1. The molecule has 0 saturated carbocycles. The van der Waals surface area contributed by atoms with Gasteiger partial charge in [0.1, 0.15) is 11.6 Å². The van der Waals surface area contributed by atoms with Gasteiger partial charge < -0.3 is 4.74 Å². The maximum Gasteiger partial charge on any atom is 0.238 e. The third kappa shape index (κ3) is 2.91. The van der Waals surface area contributed by atoms with Crippen molar-refractivity contribution in [2.45, 2.75) is 12.8 Å². The van der Waals surface area contributed by atoms with Crippen molar-refractivity contribution in [2.75, 3.05) is 0 Å². The molecule has 0 atom stereocenters. The number of halogens is 2. The van der Waals surface area contributed by atoms with Crippen molar-refractivity contribution in [3.8, 4) is 11.6 Å². The van der Waals surface area contributed by atoms with Gasteiger partial charge in [-0.3, -0.25) is 0 Å². The van der Waals surface area contributed by atoms with Gasteiger partial charge in [-0.2, -0.15) is 5.10 Å². The molecular weight excluding hydrogens is 243 g/mol. The van der Waals surface area contributed by atoms with Crippen molar-refractivity contribution >= 4 is 11.6 Å². The van der Waals surface area contributed by atoms with E-state index in [4.69, 9.17) is 16.3 Å². The van der Waals surface area contributed by atoms with E-state index in [2.05, 4.69) is 10.2 Å². The molecule has 0 amide bonds. The van der Waals surface area contributed by atoms with Gasteiger partial charge in [-0.1, -0.05) is 0 Å². The van der Waals surface area contributed by atoms with E-state index in [-0.39, 0.29) is 5.82 Å². The maximum atomic E-state index is 12.9. The van der Waals surface area contributed by atoms with E-state index in [1.54, 1.807) is 25.1 Å². The van der Waals surface area contributed by atoms with Gasteiger partial charge in [0.25, 0.3) is 0 Å². The molecule has 0 aliphatic heterocycles. The van der Waals surface area contributed by atoms with Crippen LogP contribution in [-0.4, -0.2) is 10.2 Å². The largest absolute Gasteiger partial charge is 0.437 e. The Kier molecular flexibility index (Phi) is 3.54. The molecule has 17 heavy (non-hydrogen) atoms. The van der Waals surface area contributed by atoms with Gasteiger partial charge in [-0.05, 0) is 36.8 Å². The normalized spacial score (nSPS) is 10.3. The molecule has 88 valence electrons. The Bertz CT molecular complexity index is 516. The number of ether oxygens (including phenoxy) is 1. The second-order valence-electron chi connectivity index (χ2n) is 3.51. The smallest absolute Gasteiger partial charge is 0.238 e. The van der Waals surface area contributed by atoms with Crippen LogP contribution >= 0.6 is 11.6 Å². The van der Waals surface area contributed by atoms with Crippen molar-refractivity contribution in [1.82, 2.24) is 10.2 Å². The predicted octanol–water partition coefficient (Wildman–Crippen LogP) is 3.46. The first-order valence-electron chi connectivity index (χ1n) is 5.01. The van der Waals surface area contributed by atoms with E-state index >= 15 is 0 Å². The first kappa shape index (κ1) is 11.8. The van der Waals surface area contributed by atoms with Crippen LogP contribution in [0.4, 0.5) is 4.39 Å². The number of rotatable bonds is 3. The van der Waals surface area contributed by atoms with Gasteiger partial charge in [-0.25, -0.2) is 4.39 Å². The molecule has 0 fully saturated rings. The highest BCUT2D eigenvalue weighted by Gasteiger charge is 2.04. The van der Waals surface area contributed by atoms with Crippen LogP contribution in [0.3, 0.4) is 0 Å². The quantitative estimate of drug-likeness (QED) is 0.785. The zero-order valence-electron chi connectivity index (χ0n) is 9.15. The standard InChI is InChI=1S/C12H10ClFN2O/c1-8-6-9(14)2-4-11(8)17-12-5-3-10(7-13)15-16-12/h2-6H,7H2,1H3. The summed E-state index contributed by atoms with van der Waals surface area (Å²) in [6, 6.07) is 7.70. The third-order valence-corrected chi connectivity index (χ3v) is 2.46. The fraction of sp³-hybridized carbons (Fsp3) is 0.167. The average Bonchev–Trinajstić information content (AvgIpc) is 2.34. The lowest BCUT2D eigenvalue weighted by atomic mass is 10.2. The van der Waals surface area contributed by atoms with Crippen LogP contribution in [0.5, 0.6) is 11.6 Å². The highest BCUT2D eigenvalue weighted by Crippen LogP contribution is 2.23. The Morgan fingerprint density at radius 1 is 1.24 bits per heavy atom. The van der Waals surface area contributed by atoms with E-state index in [9.17, 15) is 4.39 Å². The van der Waals surface area contributed by atoms with Crippen LogP contribution < -0.4 is 4.74 Å². The van der Waals surface area contributed by atoms with Crippen molar-refractivity contribution in [3.63, 3.8) is 0 Å². The summed E-state index contributed by atoms with van der Waals surface area (Å²) in [6.07, 6.45) is 0. The van der Waals surface area contributed by atoms with Crippen molar-refractivity contribution in [3.05, 3.63) is 47.4 Å². The first-order chi connectivity index (χ1) is 8.19. The Hall–Kier alpha value is -1.68. The van der Waals surface area contributed by atoms with Crippen LogP contribution in [0, 0.1) is 12.7 Å². The Labute approximate surface area is 103 Å². The number of hydrogen-bond acceptors (Lipinski definition) is 3. The van der Waals surface area contributed by atoms with E-state index in [0.717, 1.165) is 0 Å². The number of aromatic nitrogens is 2. The van der Waals surface area contributed by atoms with Crippen LogP contribution in [0.25, 0.3) is 0 Å². The van der Waals surface area contributed by atoms with Crippen LogP contribution in [0.15, 0.2) is 30.3 Å². The fourth-order valence-electron chi connectivity index (χ4n) is 1.31. The molecule has 3 nitrogen and oxygen atoms in total. The summed E-state index contributed by atoms with van der Waals surface area (Å²) >= 11 is 5.60. The summed E-state index contributed by atoms with van der Waals surface area (Å²) in [5.41, 5.74) is 1.38. The van der Waals surface area contributed by atoms with E-state index < -0.39 is 0 Å². The molecular formula is C12H10ClFN2O. The molecule has 0 aliphatic carbocycles. The number of hydrogen-bond donors (Lipinski definition) is 0. The molecule has 5 heteroatoms. The summed E-state index contributed by atoms with van der Waals surface area (Å²) < 4.78 is 18.4. The summed E-state index contributed by atoms with van der Waals surface area (Å²) in [4.78, 5) is 0. The molecule has 0 N–H and O–H groups in total. The van der Waals surface area contributed by atoms with E-state index in [0.29, 0.717) is 28.8 Å². The van der Waals surface area contributed by atoms with Crippen LogP contribution in [0.2, 0.25) is 0 Å². The van der Waals surface area contributed by atoms with E-state index in [1.807, 2.05) is 0 Å². The van der Waals surface area contributed by atoms with Crippen molar-refractivity contribution < 1.29 is 9.13 Å². The summed E-state index contributed by atoms with van der Waals surface area (Å²) in [5.74, 6) is 0.925. The summed E-state index contributed by atoms with van der Waals surface area (Å²) in [7, 11) is 0. The topological polar surface area (TPSA) is 35.0 Å². The Morgan fingerprint density at radius 3 is 2.65 bits per heavy atom. The molecule has 2 rings (SSSR count). The molecule has 1 aromatic heterocycles. The molecule has 1 aromatic carbocycles. The van der Waals surface area contributed by atoms with Gasteiger partial charge in [0.15, 0.2) is 0 Å². The maximum absolute atomic E-state index is 12.9. The monoisotopic (exact) mass is 252 g/mol. The molecule has 0 unspecified atom stereocenters. The first-order valence-corrected chi connectivity index (χ1v) is 5.55. The number of nitrogens with zero attached hydrogens (tertiary/aromatic N) is 2. The SMILES string of the molecule is Cc1cc(F)ccc1Oc1ccc(CCl)nn1. The Balaban J connectivity index is 2.19. The van der Waals surface area contributed by atoms with Crippen molar-refractivity contribution in [1.29, 1.82) is 0 Å². The minimum Gasteiger partial charge on any atom is -0.437 e. The molecule has 0 radical (unpaired) electrons. The second kappa shape index (κ2) is 5.10. The minimum atomic E-state index is -0.293. The minimum absolute atomic E-state index is 0.293. The van der Waals surface area contributed by atoms with Gasteiger partial charge in [0.2, 0.25) is 5.88 Å². The van der Waals surface area contributed by atoms with Crippen LogP contribution in [-0.2, 0) is 5.88 Å². The van der Waals surface area contributed by atoms with E-state index in [1.165, 1.54) is 12.1 Å². The molecule has 0 bridgehead atoms. The zero-order valence-corrected chi connectivity index (χ0v) is 9.91. The van der Waals surface area contributed by atoms with Gasteiger partial charge in [-0.15, -0.1) is 16.7 Å².